The Morgan fingerprint density at radius 1 is 1.44 bits per heavy atom. The fourth-order valence-electron chi connectivity index (χ4n) is 2.08. The third kappa shape index (κ3) is 3.35. The summed E-state index contributed by atoms with van der Waals surface area (Å²) in [5.74, 6) is 0.295. The molecule has 5 nitrogen and oxygen atoms in total. The highest BCUT2D eigenvalue weighted by Crippen LogP contribution is 2.25. The van der Waals surface area contributed by atoms with Crippen LogP contribution < -0.4 is 4.74 Å². The SMILES string of the molecule is COC(=O)/C=C/c1n[nH]cc1OC1CCCCC1. The first-order valence-electron chi connectivity index (χ1n) is 6.26. The van der Waals surface area contributed by atoms with Gasteiger partial charge in [-0.2, -0.15) is 5.10 Å². The zero-order chi connectivity index (χ0) is 12.8. The highest BCUT2D eigenvalue weighted by atomic mass is 16.5. The number of methoxy groups -OCH3 is 1. The Labute approximate surface area is 106 Å². The smallest absolute Gasteiger partial charge is 0.330 e. The lowest BCUT2D eigenvalue weighted by atomic mass is 9.98. The lowest BCUT2D eigenvalue weighted by molar-refractivity contribution is -0.134. The molecule has 5 heteroatoms. The van der Waals surface area contributed by atoms with Crippen molar-refractivity contribution in [3.8, 4) is 5.75 Å². The van der Waals surface area contributed by atoms with Crippen molar-refractivity contribution in [2.45, 2.75) is 38.2 Å². The molecule has 1 N–H and O–H groups in total. The fourth-order valence-corrected chi connectivity index (χ4v) is 2.08. The van der Waals surface area contributed by atoms with Crippen LogP contribution in [-0.4, -0.2) is 29.4 Å². The summed E-state index contributed by atoms with van der Waals surface area (Å²) in [6, 6.07) is 0. The minimum Gasteiger partial charge on any atom is -0.486 e. The summed E-state index contributed by atoms with van der Waals surface area (Å²) in [6.07, 6.45) is 10.8. The van der Waals surface area contributed by atoms with Gasteiger partial charge in [0.1, 0.15) is 5.69 Å². The standard InChI is InChI=1S/C13H18N2O3/c1-17-13(16)8-7-11-12(9-14-15-11)18-10-5-3-2-4-6-10/h7-10H,2-6H2,1H3,(H,14,15)/b8-7+. The predicted octanol–water partition coefficient (Wildman–Crippen LogP) is 2.31. The summed E-state index contributed by atoms with van der Waals surface area (Å²) >= 11 is 0. The summed E-state index contributed by atoms with van der Waals surface area (Å²) in [4.78, 5) is 11.0. The molecule has 0 saturated heterocycles. The number of hydrogen-bond donors (Lipinski definition) is 1. The molecule has 0 unspecified atom stereocenters. The summed E-state index contributed by atoms with van der Waals surface area (Å²) in [6.45, 7) is 0. The van der Waals surface area contributed by atoms with Gasteiger partial charge in [0.05, 0.1) is 19.4 Å². The molecule has 1 fully saturated rings. The third-order valence-electron chi connectivity index (χ3n) is 3.06. The van der Waals surface area contributed by atoms with Crippen LogP contribution in [-0.2, 0) is 9.53 Å². The number of hydrogen-bond acceptors (Lipinski definition) is 4. The highest BCUT2D eigenvalue weighted by Gasteiger charge is 2.16. The number of carbonyl (C=O) groups is 1. The van der Waals surface area contributed by atoms with Crippen LogP contribution >= 0.6 is 0 Å². The van der Waals surface area contributed by atoms with Gasteiger partial charge >= 0.3 is 5.97 Å². The van der Waals surface area contributed by atoms with E-state index in [0.29, 0.717) is 11.4 Å². The molecule has 0 aromatic carbocycles. The van der Waals surface area contributed by atoms with Crippen molar-refractivity contribution >= 4 is 12.0 Å². The van der Waals surface area contributed by atoms with Gasteiger partial charge in [-0.3, -0.25) is 5.10 Å². The van der Waals surface area contributed by atoms with E-state index in [4.69, 9.17) is 4.74 Å². The molecule has 1 aliphatic carbocycles. The van der Waals surface area contributed by atoms with E-state index in [1.807, 2.05) is 0 Å². The van der Waals surface area contributed by atoms with E-state index in [9.17, 15) is 4.79 Å². The van der Waals surface area contributed by atoms with Crippen LogP contribution in [0.5, 0.6) is 5.75 Å². The molecule has 1 heterocycles. The van der Waals surface area contributed by atoms with Gasteiger partial charge in [0.15, 0.2) is 5.75 Å². The molecule has 0 radical (unpaired) electrons. The van der Waals surface area contributed by atoms with E-state index in [2.05, 4.69) is 14.9 Å². The molecule has 1 aromatic heterocycles. The van der Waals surface area contributed by atoms with Crippen molar-refractivity contribution in [2.24, 2.45) is 0 Å². The number of aromatic nitrogens is 2. The molecule has 1 saturated carbocycles. The van der Waals surface area contributed by atoms with Gasteiger partial charge in [0.25, 0.3) is 0 Å². The van der Waals surface area contributed by atoms with Crippen molar-refractivity contribution in [3.05, 3.63) is 18.0 Å². The Balaban J connectivity index is 1.98. The molecule has 98 valence electrons. The topological polar surface area (TPSA) is 64.2 Å². The number of aromatic amines is 1. The van der Waals surface area contributed by atoms with Crippen molar-refractivity contribution in [2.75, 3.05) is 7.11 Å². The van der Waals surface area contributed by atoms with Crippen molar-refractivity contribution in [1.82, 2.24) is 10.2 Å². The monoisotopic (exact) mass is 250 g/mol. The molecule has 1 aromatic rings. The van der Waals surface area contributed by atoms with E-state index in [0.717, 1.165) is 12.8 Å². The van der Waals surface area contributed by atoms with Crippen LogP contribution in [0.1, 0.15) is 37.8 Å². The second-order valence-corrected chi connectivity index (χ2v) is 4.37. The first-order chi connectivity index (χ1) is 8.79. The largest absolute Gasteiger partial charge is 0.486 e. The van der Waals surface area contributed by atoms with Gasteiger partial charge in [-0.15, -0.1) is 0 Å². The van der Waals surface area contributed by atoms with Crippen molar-refractivity contribution in [1.29, 1.82) is 0 Å². The average Bonchev–Trinajstić information content (AvgIpc) is 2.84. The minimum absolute atomic E-state index is 0.265. The fraction of sp³-hybridized carbons (Fsp3) is 0.538. The maximum atomic E-state index is 11.0. The zero-order valence-corrected chi connectivity index (χ0v) is 10.5. The minimum atomic E-state index is -0.401. The van der Waals surface area contributed by atoms with E-state index in [1.165, 1.54) is 32.4 Å². The third-order valence-corrected chi connectivity index (χ3v) is 3.06. The number of H-pyrrole nitrogens is 1. The maximum Gasteiger partial charge on any atom is 0.330 e. The van der Waals surface area contributed by atoms with E-state index in [1.54, 1.807) is 12.3 Å². The average molecular weight is 250 g/mol. The zero-order valence-electron chi connectivity index (χ0n) is 10.5. The molecule has 0 atom stereocenters. The summed E-state index contributed by atoms with van der Waals surface area (Å²) in [5.41, 5.74) is 0.631. The molecular formula is C13H18N2O3. The Morgan fingerprint density at radius 3 is 2.94 bits per heavy atom. The van der Waals surface area contributed by atoms with Crippen LogP contribution in [0.4, 0.5) is 0 Å². The molecule has 1 aliphatic rings. The van der Waals surface area contributed by atoms with Gasteiger partial charge in [0, 0.05) is 6.08 Å². The number of esters is 1. The van der Waals surface area contributed by atoms with Crippen molar-refractivity contribution in [3.63, 3.8) is 0 Å². The molecule has 18 heavy (non-hydrogen) atoms. The number of nitrogens with one attached hydrogen (secondary N) is 1. The van der Waals surface area contributed by atoms with Gasteiger partial charge < -0.3 is 9.47 Å². The predicted molar refractivity (Wildman–Crippen MR) is 67.1 cm³/mol. The molecular weight excluding hydrogens is 232 g/mol. The first-order valence-corrected chi connectivity index (χ1v) is 6.26. The van der Waals surface area contributed by atoms with Crippen LogP contribution in [0.3, 0.4) is 0 Å². The number of nitrogens with zero attached hydrogens (tertiary/aromatic N) is 1. The summed E-state index contributed by atoms with van der Waals surface area (Å²) < 4.78 is 10.4. The van der Waals surface area contributed by atoms with E-state index in [-0.39, 0.29) is 6.10 Å². The van der Waals surface area contributed by atoms with Crippen molar-refractivity contribution < 1.29 is 14.3 Å². The van der Waals surface area contributed by atoms with Crippen LogP contribution in [0.15, 0.2) is 12.3 Å². The van der Waals surface area contributed by atoms with E-state index >= 15 is 0 Å². The molecule has 0 bridgehead atoms. The van der Waals surface area contributed by atoms with Gasteiger partial charge in [-0.05, 0) is 31.8 Å². The molecule has 0 amide bonds. The van der Waals surface area contributed by atoms with Crippen LogP contribution in [0.2, 0.25) is 0 Å². The second-order valence-electron chi connectivity index (χ2n) is 4.37. The second kappa shape index (κ2) is 6.23. The number of rotatable bonds is 4. The summed E-state index contributed by atoms with van der Waals surface area (Å²) in [7, 11) is 1.34. The highest BCUT2D eigenvalue weighted by molar-refractivity contribution is 5.87. The summed E-state index contributed by atoms with van der Waals surface area (Å²) in [5, 5.41) is 6.79. The maximum absolute atomic E-state index is 11.0. The Hall–Kier alpha value is -1.78. The Kier molecular flexibility index (Phi) is 4.39. The van der Waals surface area contributed by atoms with Crippen LogP contribution in [0, 0.1) is 0 Å². The first kappa shape index (κ1) is 12.7. The van der Waals surface area contributed by atoms with Gasteiger partial charge in [-0.1, -0.05) is 6.42 Å². The number of carbonyl (C=O) groups excluding carboxylic acids is 1. The van der Waals surface area contributed by atoms with Gasteiger partial charge in [-0.25, -0.2) is 4.79 Å². The number of ether oxygens (including phenoxy) is 2. The van der Waals surface area contributed by atoms with E-state index < -0.39 is 5.97 Å². The Morgan fingerprint density at radius 2 is 2.22 bits per heavy atom. The normalized spacial score (nSPS) is 16.9. The molecule has 0 spiro atoms. The molecule has 2 rings (SSSR count). The lowest BCUT2D eigenvalue weighted by Crippen LogP contribution is -2.19. The quantitative estimate of drug-likeness (QED) is 0.658. The Bertz CT molecular complexity index is 420. The van der Waals surface area contributed by atoms with Crippen LogP contribution in [0.25, 0.3) is 6.08 Å². The molecule has 0 aliphatic heterocycles. The van der Waals surface area contributed by atoms with Gasteiger partial charge in [0.2, 0.25) is 0 Å². The lowest BCUT2D eigenvalue weighted by Gasteiger charge is -2.22.